The molecule has 3 amide bonds. The highest BCUT2D eigenvalue weighted by atomic mass is 16.6. The lowest BCUT2D eigenvalue weighted by Gasteiger charge is -2.45. The van der Waals surface area contributed by atoms with E-state index < -0.39 is 35.3 Å². The van der Waals surface area contributed by atoms with Crippen LogP contribution in [0.25, 0.3) is 0 Å². The summed E-state index contributed by atoms with van der Waals surface area (Å²) < 4.78 is 10.2. The second kappa shape index (κ2) is 9.87. The van der Waals surface area contributed by atoms with Crippen molar-refractivity contribution in [1.29, 1.82) is 0 Å². The number of likely N-dealkylation sites (tertiary alicyclic amines) is 1. The van der Waals surface area contributed by atoms with Crippen molar-refractivity contribution in [3.05, 3.63) is 0 Å². The summed E-state index contributed by atoms with van der Waals surface area (Å²) >= 11 is 0. The van der Waals surface area contributed by atoms with Crippen LogP contribution in [0.4, 0.5) is 4.79 Å². The van der Waals surface area contributed by atoms with Crippen LogP contribution in [0, 0.1) is 0 Å². The van der Waals surface area contributed by atoms with E-state index in [4.69, 9.17) is 9.47 Å². The maximum Gasteiger partial charge on any atom is 0.410 e. The lowest BCUT2D eigenvalue weighted by atomic mass is 9.79. The number of carbonyl (C=O) groups excluding carboxylic acids is 4. The fourth-order valence-corrected chi connectivity index (χ4v) is 4.42. The highest BCUT2D eigenvalue weighted by Gasteiger charge is 2.49. The molecule has 9 nitrogen and oxygen atoms in total. The van der Waals surface area contributed by atoms with E-state index in [1.165, 1.54) is 16.9 Å². The van der Waals surface area contributed by atoms with Gasteiger partial charge in [0.25, 0.3) is 0 Å². The lowest BCUT2D eigenvalue weighted by molar-refractivity contribution is -0.153. The molecular formula is C22H37N3O6. The van der Waals surface area contributed by atoms with Gasteiger partial charge in [-0.25, -0.2) is 9.59 Å². The molecule has 0 aromatic rings. The number of hydrogen-bond donors (Lipinski definition) is 1. The average Bonchev–Trinajstić information content (AvgIpc) is 3.21. The monoisotopic (exact) mass is 439 g/mol. The number of amides is 3. The van der Waals surface area contributed by atoms with E-state index in [1.807, 2.05) is 0 Å². The first-order valence-electron chi connectivity index (χ1n) is 11.1. The van der Waals surface area contributed by atoms with Gasteiger partial charge in [-0.15, -0.1) is 0 Å². The molecule has 2 rings (SSSR count). The van der Waals surface area contributed by atoms with Crippen LogP contribution in [-0.2, 0) is 23.9 Å². The van der Waals surface area contributed by atoms with Crippen LogP contribution in [-0.4, -0.2) is 77.6 Å². The van der Waals surface area contributed by atoms with E-state index in [0.29, 0.717) is 32.2 Å². The zero-order valence-electron chi connectivity index (χ0n) is 19.7. The predicted molar refractivity (Wildman–Crippen MR) is 114 cm³/mol. The Labute approximate surface area is 184 Å². The maximum atomic E-state index is 13.5. The van der Waals surface area contributed by atoms with Gasteiger partial charge in [0.2, 0.25) is 11.8 Å². The molecule has 0 aromatic carbocycles. The van der Waals surface area contributed by atoms with Crippen molar-refractivity contribution in [3.63, 3.8) is 0 Å². The largest absolute Gasteiger partial charge is 0.467 e. The van der Waals surface area contributed by atoms with Crippen LogP contribution in [0.2, 0.25) is 0 Å². The number of carbonyl (C=O) groups is 4. The van der Waals surface area contributed by atoms with Gasteiger partial charge < -0.3 is 19.7 Å². The molecule has 0 unspecified atom stereocenters. The van der Waals surface area contributed by atoms with Crippen molar-refractivity contribution < 1.29 is 28.7 Å². The first-order chi connectivity index (χ1) is 14.4. The number of ether oxygens (including phenoxy) is 2. The third-order valence-corrected chi connectivity index (χ3v) is 6.14. The van der Waals surface area contributed by atoms with E-state index in [9.17, 15) is 19.2 Å². The summed E-state index contributed by atoms with van der Waals surface area (Å²) in [5.74, 6) is -1.17. The van der Waals surface area contributed by atoms with Crippen LogP contribution in [0.3, 0.4) is 0 Å². The number of esters is 1. The van der Waals surface area contributed by atoms with Gasteiger partial charge in [-0.1, -0.05) is 19.3 Å². The number of nitrogens with one attached hydrogen (secondary N) is 1. The Kier molecular flexibility index (Phi) is 7.94. The van der Waals surface area contributed by atoms with Gasteiger partial charge in [0.05, 0.1) is 7.11 Å². The molecule has 2 fully saturated rings. The van der Waals surface area contributed by atoms with Crippen molar-refractivity contribution in [2.75, 3.05) is 20.7 Å². The molecule has 0 spiro atoms. The van der Waals surface area contributed by atoms with Crippen molar-refractivity contribution >= 4 is 23.9 Å². The first kappa shape index (κ1) is 24.9. The fraction of sp³-hybridized carbons (Fsp3) is 0.818. The number of rotatable bonds is 5. The summed E-state index contributed by atoms with van der Waals surface area (Å²) in [7, 11) is 2.89. The minimum atomic E-state index is -1.06. The molecule has 2 aliphatic rings. The summed E-state index contributed by atoms with van der Waals surface area (Å²) in [5.41, 5.74) is -1.71. The summed E-state index contributed by atoms with van der Waals surface area (Å²) in [6, 6.07) is -1.48. The minimum Gasteiger partial charge on any atom is -0.467 e. The number of nitrogens with zero attached hydrogens (tertiary/aromatic N) is 2. The van der Waals surface area contributed by atoms with E-state index in [0.717, 1.165) is 19.3 Å². The topological polar surface area (TPSA) is 105 Å². The lowest BCUT2D eigenvalue weighted by Crippen LogP contribution is -2.64. The third-order valence-electron chi connectivity index (χ3n) is 6.14. The van der Waals surface area contributed by atoms with Crippen molar-refractivity contribution in [3.8, 4) is 0 Å². The Morgan fingerprint density at radius 3 is 2.26 bits per heavy atom. The Morgan fingerprint density at radius 1 is 1.10 bits per heavy atom. The van der Waals surface area contributed by atoms with Gasteiger partial charge in [0.15, 0.2) is 0 Å². The summed E-state index contributed by atoms with van der Waals surface area (Å²) in [4.78, 5) is 54.2. The summed E-state index contributed by atoms with van der Waals surface area (Å²) in [5, 5.41) is 2.72. The zero-order chi connectivity index (χ0) is 23.4. The SMILES string of the molecule is COC(=O)[C@H](C)NC(=O)C1(N(C)C(=O)[C@@H]2CCCN2C(=O)OC(C)(C)C)CCCCC1. The fourth-order valence-electron chi connectivity index (χ4n) is 4.42. The molecular weight excluding hydrogens is 402 g/mol. The molecule has 0 radical (unpaired) electrons. The zero-order valence-corrected chi connectivity index (χ0v) is 19.7. The van der Waals surface area contributed by atoms with Gasteiger partial charge >= 0.3 is 12.1 Å². The molecule has 1 heterocycles. The van der Waals surface area contributed by atoms with Gasteiger partial charge in [-0.2, -0.15) is 0 Å². The second-order valence-corrected chi connectivity index (χ2v) is 9.54. The van der Waals surface area contributed by atoms with Crippen molar-refractivity contribution in [2.24, 2.45) is 0 Å². The Hall–Kier alpha value is -2.32. The maximum absolute atomic E-state index is 13.5. The van der Waals surface area contributed by atoms with E-state index in [1.54, 1.807) is 34.7 Å². The molecule has 1 saturated carbocycles. The molecule has 1 saturated heterocycles. The van der Waals surface area contributed by atoms with Crippen LogP contribution in [0.5, 0.6) is 0 Å². The number of hydrogen-bond acceptors (Lipinski definition) is 6. The van der Waals surface area contributed by atoms with E-state index in [-0.39, 0.29) is 11.8 Å². The van der Waals surface area contributed by atoms with E-state index >= 15 is 0 Å². The smallest absolute Gasteiger partial charge is 0.410 e. The number of methoxy groups -OCH3 is 1. The molecule has 2 atom stereocenters. The van der Waals surface area contributed by atoms with Gasteiger partial charge in [-0.3, -0.25) is 14.5 Å². The normalized spacial score (nSPS) is 21.7. The summed E-state index contributed by atoms with van der Waals surface area (Å²) in [6.45, 7) is 7.36. The number of likely N-dealkylation sites (N-methyl/N-ethyl adjacent to an activating group) is 1. The predicted octanol–water partition coefficient (Wildman–Crippen LogP) is 2.22. The van der Waals surface area contributed by atoms with E-state index in [2.05, 4.69) is 5.32 Å². The standard InChI is InChI=1S/C22H37N3O6/c1-15(18(27)30-6)23-19(28)22(12-8-7-9-13-22)24(5)17(26)16-11-10-14-25(16)20(29)31-21(2,3)4/h15-16H,7-14H2,1-6H3,(H,23,28)/t15-,16-/m0/s1. The molecule has 31 heavy (non-hydrogen) atoms. The Bertz CT molecular complexity index is 696. The Morgan fingerprint density at radius 2 is 1.71 bits per heavy atom. The van der Waals surface area contributed by atoms with Crippen LogP contribution >= 0.6 is 0 Å². The minimum absolute atomic E-state index is 0.272. The van der Waals surface area contributed by atoms with Crippen LogP contribution in [0.1, 0.15) is 72.6 Å². The third kappa shape index (κ3) is 5.68. The molecule has 176 valence electrons. The quantitative estimate of drug-likeness (QED) is 0.659. The molecule has 1 N–H and O–H groups in total. The highest BCUT2D eigenvalue weighted by Crippen LogP contribution is 2.35. The average molecular weight is 440 g/mol. The van der Waals surface area contributed by atoms with Gasteiger partial charge in [0.1, 0.15) is 23.2 Å². The molecule has 0 bridgehead atoms. The second-order valence-electron chi connectivity index (χ2n) is 9.54. The van der Waals surface area contributed by atoms with Crippen molar-refractivity contribution in [2.45, 2.75) is 95.9 Å². The van der Waals surface area contributed by atoms with Crippen LogP contribution < -0.4 is 5.32 Å². The van der Waals surface area contributed by atoms with Gasteiger partial charge in [0, 0.05) is 13.6 Å². The first-order valence-corrected chi connectivity index (χ1v) is 11.1. The highest BCUT2D eigenvalue weighted by molar-refractivity contribution is 5.96. The van der Waals surface area contributed by atoms with Crippen LogP contribution in [0.15, 0.2) is 0 Å². The molecule has 9 heteroatoms. The van der Waals surface area contributed by atoms with Crippen molar-refractivity contribution in [1.82, 2.24) is 15.1 Å². The Balaban J connectivity index is 2.23. The summed E-state index contributed by atoms with van der Waals surface area (Å²) in [6.07, 6.45) is 4.31. The molecule has 1 aliphatic carbocycles. The molecule has 0 aromatic heterocycles. The van der Waals surface area contributed by atoms with Gasteiger partial charge in [-0.05, 0) is 53.4 Å². The molecule has 1 aliphatic heterocycles.